The minimum absolute atomic E-state index is 0.0622. The van der Waals surface area contributed by atoms with Gasteiger partial charge in [-0.05, 0) is 25.7 Å². The average Bonchev–Trinajstić information content (AvgIpc) is 2.22. The molecule has 5 nitrogen and oxygen atoms in total. The molecule has 112 valence electrons. The lowest BCUT2D eigenvalue weighted by molar-refractivity contribution is -0.138. The summed E-state index contributed by atoms with van der Waals surface area (Å²) < 4.78 is 0. The van der Waals surface area contributed by atoms with Gasteiger partial charge >= 0.3 is 12.0 Å². The highest BCUT2D eigenvalue weighted by molar-refractivity contribution is 5.76. The van der Waals surface area contributed by atoms with E-state index in [0.717, 1.165) is 6.42 Å². The summed E-state index contributed by atoms with van der Waals surface area (Å²) in [5, 5.41) is 11.8. The number of hydrogen-bond donors (Lipinski definition) is 2. The molecule has 0 aromatic rings. The molecule has 19 heavy (non-hydrogen) atoms. The van der Waals surface area contributed by atoms with Crippen LogP contribution in [0, 0.1) is 5.41 Å². The molecule has 0 fully saturated rings. The van der Waals surface area contributed by atoms with Crippen molar-refractivity contribution in [1.29, 1.82) is 0 Å². The normalized spacial score (nSPS) is 13.2. The van der Waals surface area contributed by atoms with Gasteiger partial charge in [-0.2, -0.15) is 0 Å². The summed E-state index contributed by atoms with van der Waals surface area (Å²) in [6, 6.07) is -0.459. The third-order valence-electron chi connectivity index (χ3n) is 3.07. The zero-order valence-electron chi connectivity index (χ0n) is 13.0. The van der Waals surface area contributed by atoms with Crippen LogP contribution in [0.3, 0.4) is 0 Å². The first-order valence-corrected chi connectivity index (χ1v) is 6.88. The van der Waals surface area contributed by atoms with Gasteiger partial charge in [0.15, 0.2) is 0 Å². The van der Waals surface area contributed by atoms with E-state index in [1.165, 1.54) is 0 Å². The van der Waals surface area contributed by atoms with Gasteiger partial charge in [0.25, 0.3) is 0 Å². The molecule has 2 amide bonds. The minimum atomic E-state index is -0.896. The molecule has 0 saturated carbocycles. The van der Waals surface area contributed by atoms with Crippen molar-refractivity contribution >= 4 is 12.0 Å². The number of nitrogens with zero attached hydrogens (tertiary/aromatic N) is 1. The molecule has 0 aliphatic heterocycles. The number of urea groups is 1. The number of amides is 2. The fourth-order valence-electron chi connectivity index (χ4n) is 1.82. The maximum atomic E-state index is 12.2. The molecule has 0 rings (SSSR count). The van der Waals surface area contributed by atoms with E-state index in [2.05, 4.69) is 5.32 Å². The zero-order chi connectivity index (χ0) is 15.2. The van der Waals surface area contributed by atoms with Crippen molar-refractivity contribution in [2.45, 2.75) is 66.5 Å². The van der Waals surface area contributed by atoms with Crippen LogP contribution in [0.25, 0.3) is 0 Å². The van der Waals surface area contributed by atoms with Crippen molar-refractivity contribution in [3.05, 3.63) is 0 Å². The zero-order valence-corrected chi connectivity index (χ0v) is 13.0. The first-order chi connectivity index (χ1) is 8.59. The highest BCUT2D eigenvalue weighted by atomic mass is 16.4. The molecule has 1 unspecified atom stereocenters. The van der Waals surface area contributed by atoms with Crippen LogP contribution < -0.4 is 5.32 Å². The van der Waals surface area contributed by atoms with Crippen LogP contribution in [0.1, 0.15) is 54.4 Å². The predicted molar refractivity (Wildman–Crippen MR) is 76.2 cm³/mol. The quantitative estimate of drug-likeness (QED) is 0.781. The number of carboxylic acid groups (broad SMARTS) is 1. The summed E-state index contributed by atoms with van der Waals surface area (Å²) in [5.74, 6) is -0.896. The summed E-state index contributed by atoms with van der Waals surface area (Å²) in [7, 11) is 0. The summed E-state index contributed by atoms with van der Waals surface area (Å²) >= 11 is 0. The molecular weight excluding hydrogens is 244 g/mol. The Morgan fingerprint density at radius 1 is 1.26 bits per heavy atom. The molecule has 0 spiro atoms. The van der Waals surface area contributed by atoms with Gasteiger partial charge in [0.05, 0.1) is 6.42 Å². The monoisotopic (exact) mass is 272 g/mol. The molecule has 0 aliphatic carbocycles. The summed E-state index contributed by atoms with van der Waals surface area (Å²) in [6.45, 7) is 12.4. The van der Waals surface area contributed by atoms with E-state index in [1.807, 2.05) is 41.5 Å². The third-order valence-corrected chi connectivity index (χ3v) is 3.07. The van der Waals surface area contributed by atoms with Gasteiger partial charge in [-0.25, -0.2) is 4.79 Å². The largest absolute Gasteiger partial charge is 0.481 e. The van der Waals surface area contributed by atoms with E-state index in [1.54, 1.807) is 4.90 Å². The predicted octanol–water partition coefficient (Wildman–Crippen LogP) is 2.71. The molecule has 5 heteroatoms. The van der Waals surface area contributed by atoms with Gasteiger partial charge in [-0.3, -0.25) is 4.79 Å². The summed E-state index contributed by atoms with van der Waals surface area (Å²) in [4.78, 5) is 24.9. The van der Waals surface area contributed by atoms with E-state index in [-0.39, 0.29) is 30.0 Å². The Hall–Kier alpha value is -1.26. The lowest BCUT2D eigenvalue weighted by Gasteiger charge is -2.34. The summed E-state index contributed by atoms with van der Waals surface area (Å²) in [5.41, 5.74) is -0.289. The maximum Gasteiger partial charge on any atom is 0.317 e. The lowest BCUT2D eigenvalue weighted by Crippen LogP contribution is -2.52. The molecule has 0 aliphatic rings. The molecule has 0 saturated heterocycles. The lowest BCUT2D eigenvalue weighted by atomic mass is 9.85. The Labute approximate surface area is 116 Å². The van der Waals surface area contributed by atoms with Gasteiger partial charge in [-0.1, -0.05) is 27.7 Å². The van der Waals surface area contributed by atoms with Crippen LogP contribution >= 0.6 is 0 Å². The number of hydrogen-bond acceptors (Lipinski definition) is 2. The number of carbonyl (C=O) groups excluding carboxylic acids is 1. The average molecular weight is 272 g/mol. The van der Waals surface area contributed by atoms with Crippen LogP contribution in [-0.2, 0) is 4.79 Å². The first kappa shape index (κ1) is 17.7. The standard InChI is InChI=1S/C14H28N2O3/c1-7-8-16(10(2)3)13(19)15-11(9-12(17)18)14(4,5)6/h10-11H,7-9H2,1-6H3,(H,15,19)(H,17,18). The van der Waals surface area contributed by atoms with Crippen molar-refractivity contribution in [3.63, 3.8) is 0 Å². The van der Waals surface area contributed by atoms with Gasteiger partial charge in [0.1, 0.15) is 0 Å². The second-order valence-corrected chi connectivity index (χ2v) is 6.25. The minimum Gasteiger partial charge on any atom is -0.481 e. The first-order valence-electron chi connectivity index (χ1n) is 6.88. The van der Waals surface area contributed by atoms with Crippen molar-refractivity contribution in [2.75, 3.05) is 6.54 Å². The van der Waals surface area contributed by atoms with Gasteiger partial charge in [-0.15, -0.1) is 0 Å². The fourth-order valence-corrected chi connectivity index (χ4v) is 1.82. The van der Waals surface area contributed by atoms with Crippen LogP contribution in [0.4, 0.5) is 4.79 Å². The highest BCUT2D eigenvalue weighted by Crippen LogP contribution is 2.22. The van der Waals surface area contributed by atoms with Crippen LogP contribution in [0.5, 0.6) is 0 Å². The Bertz CT molecular complexity index is 308. The number of aliphatic carboxylic acids is 1. The Morgan fingerprint density at radius 2 is 1.79 bits per heavy atom. The smallest absolute Gasteiger partial charge is 0.317 e. The second kappa shape index (κ2) is 7.36. The molecule has 0 radical (unpaired) electrons. The van der Waals surface area contributed by atoms with E-state index in [9.17, 15) is 9.59 Å². The Kier molecular flexibility index (Phi) is 6.87. The van der Waals surface area contributed by atoms with Gasteiger partial charge in [0, 0.05) is 18.6 Å². The van der Waals surface area contributed by atoms with Crippen molar-refractivity contribution in [3.8, 4) is 0 Å². The van der Waals surface area contributed by atoms with Crippen LogP contribution in [0.2, 0.25) is 0 Å². The number of carboxylic acids is 1. The topological polar surface area (TPSA) is 69.6 Å². The third kappa shape index (κ3) is 6.45. The molecule has 1 atom stereocenters. The number of nitrogens with one attached hydrogen (secondary N) is 1. The van der Waals surface area contributed by atoms with E-state index in [0.29, 0.717) is 6.54 Å². The van der Waals surface area contributed by atoms with Crippen molar-refractivity contribution in [2.24, 2.45) is 5.41 Å². The van der Waals surface area contributed by atoms with Crippen molar-refractivity contribution in [1.82, 2.24) is 10.2 Å². The molecule has 0 aromatic heterocycles. The van der Waals surface area contributed by atoms with Crippen LogP contribution in [-0.4, -0.2) is 40.6 Å². The molecule has 0 heterocycles. The van der Waals surface area contributed by atoms with E-state index in [4.69, 9.17) is 5.11 Å². The summed E-state index contributed by atoms with van der Waals surface area (Å²) in [6.07, 6.45) is 0.817. The van der Waals surface area contributed by atoms with E-state index >= 15 is 0 Å². The fraction of sp³-hybridized carbons (Fsp3) is 0.857. The van der Waals surface area contributed by atoms with E-state index < -0.39 is 5.97 Å². The Balaban J connectivity index is 4.82. The van der Waals surface area contributed by atoms with Crippen molar-refractivity contribution < 1.29 is 14.7 Å². The number of rotatable bonds is 6. The molecule has 0 aromatic carbocycles. The van der Waals surface area contributed by atoms with Gasteiger partial charge in [0.2, 0.25) is 0 Å². The molecular formula is C14H28N2O3. The maximum absolute atomic E-state index is 12.2. The molecule has 2 N–H and O–H groups in total. The SMILES string of the molecule is CCCN(C(=O)NC(CC(=O)O)C(C)(C)C)C(C)C. The Morgan fingerprint density at radius 3 is 2.11 bits per heavy atom. The number of carbonyl (C=O) groups is 2. The highest BCUT2D eigenvalue weighted by Gasteiger charge is 2.30. The second-order valence-electron chi connectivity index (χ2n) is 6.25. The van der Waals surface area contributed by atoms with Crippen LogP contribution in [0.15, 0.2) is 0 Å². The molecule has 0 bridgehead atoms. The van der Waals surface area contributed by atoms with Gasteiger partial charge < -0.3 is 15.3 Å².